The minimum Gasteiger partial charge on any atom is -0.384 e. The average molecular weight is 201 g/mol. The van der Waals surface area contributed by atoms with Crippen LogP contribution in [0.25, 0.3) is 0 Å². The van der Waals surface area contributed by atoms with Gasteiger partial charge in [-0.15, -0.1) is 11.8 Å². The Hall–Kier alpha value is -0.670. The van der Waals surface area contributed by atoms with Gasteiger partial charge in [0.25, 0.3) is 0 Å². The summed E-state index contributed by atoms with van der Waals surface area (Å²) >= 11 is 7.19. The quantitative estimate of drug-likeness (QED) is 0.763. The zero-order chi connectivity index (χ0) is 8.97. The van der Waals surface area contributed by atoms with Gasteiger partial charge >= 0.3 is 0 Å². The maximum absolute atomic E-state index is 5.60. The first-order valence-electron chi connectivity index (χ1n) is 3.36. The molecule has 0 saturated carbocycles. The number of nitrogens with zero attached hydrogens (tertiary/aromatic N) is 1. The van der Waals surface area contributed by atoms with E-state index in [2.05, 4.69) is 11.6 Å². The predicted molar refractivity (Wildman–Crippen MR) is 54.4 cm³/mol. The molecule has 0 aliphatic rings. The van der Waals surface area contributed by atoms with E-state index in [1.165, 1.54) is 0 Å². The van der Waals surface area contributed by atoms with Crippen LogP contribution in [0.15, 0.2) is 34.8 Å². The third-order valence-electron chi connectivity index (χ3n) is 1.15. The number of anilines is 1. The van der Waals surface area contributed by atoms with Crippen LogP contribution in [0.1, 0.15) is 0 Å². The molecule has 12 heavy (non-hydrogen) atoms. The summed E-state index contributed by atoms with van der Waals surface area (Å²) < 4.78 is 0. The number of nitrogens with two attached hydrogens (primary N) is 1. The SMILES string of the molecule is C=C(Cl)CSc1ccc(N)nc1. The van der Waals surface area contributed by atoms with E-state index in [9.17, 15) is 0 Å². The smallest absolute Gasteiger partial charge is 0.123 e. The molecular formula is C8H9ClN2S. The van der Waals surface area contributed by atoms with E-state index in [-0.39, 0.29) is 0 Å². The van der Waals surface area contributed by atoms with Crippen molar-refractivity contribution in [1.29, 1.82) is 0 Å². The van der Waals surface area contributed by atoms with Crippen molar-refractivity contribution in [3.63, 3.8) is 0 Å². The topological polar surface area (TPSA) is 38.9 Å². The summed E-state index contributed by atoms with van der Waals surface area (Å²) in [6, 6.07) is 3.67. The summed E-state index contributed by atoms with van der Waals surface area (Å²) in [5.74, 6) is 1.23. The molecule has 0 saturated heterocycles. The fourth-order valence-electron chi connectivity index (χ4n) is 0.639. The molecule has 0 fully saturated rings. The Morgan fingerprint density at radius 3 is 2.92 bits per heavy atom. The lowest BCUT2D eigenvalue weighted by Gasteiger charge is -1.98. The summed E-state index contributed by atoms with van der Waals surface area (Å²) in [7, 11) is 0. The van der Waals surface area contributed by atoms with Crippen LogP contribution in [-0.2, 0) is 0 Å². The van der Waals surface area contributed by atoms with E-state index in [1.54, 1.807) is 24.0 Å². The Labute approximate surface area is 80.8 Å². The molecule has 0 aliphatic carbocycles. The Morgan fingerprint density at radius 2 is 2.42 bits per heavy atom. The highest BCUT2D eigenvalue weighted by molar-refractivity contribution is 7.99. The Morgan fingerprint density at radius 1 is 1.67 bits per heavy atom. The molecule has 0 radical (unpaired) electrons. The molecule has 64 valence electrons. The highest BCUT2D eigenvalue weighted by Gasteiger charge is 1.94. The standard InChI is InChI=1S/C8H9ClN2S/c1-6(9)5-12-7-2-3-8(10)11-4-7/h2-4H,1,5H2,(H2,10,11). The molecule has 0 spiro atoms. The van der Waals surface area contributed by atoms with Crippen molar-refractivity contribution in [3.8, 4) is 0 Å². The monoisotopic (exact) mass is 200 g/mol. The first-order chi connectivity index (χ1) is 5.68. The van der Waals surface area contributed by atoms with Gasteiger partial charge in [-0.3, -0.25) is 0 Å². The molecule has 0 aromatic carbocycles. The van der Waals surface area contributed by atoms with Crippen molar-refractivity contribution in [2.45, 2.75) is 4.90 Å². The van der Waals surface area contributed by atoms with Crippen molar-refractivity contribution >= 4 is 29.2 Å². The maximum Gasteiger partial charge on any atom is 0.123 e. The van der Waals surface area contributed by atoms with Gasteiger partial charge in [-0.25, -0.2) is 4.98 Å². The van der Waals surface area contributed by atoms with Crippen LogP contribution >= 0.6 is 23.4 Å². The fourth-order valence-corrected chi connectivity index (χ4v) is 1.42. The average Bonchev–Trinajstić information content (AvgIpc) is 2.03. The molecule has 0 atom stereocenters. The van der Waals surface area contributed by atoms with Crippen LogP contribution in [-0.4, -0.2) is 10.7 Å². The number of rotatable bonds is 3. The van der Waals surface area contributed by atoms with E-state index >= 15 is 0 Å². The highest BCUT2D eigenvalue weighted by Crippen LogP contribution is 2.20. The van der Waals surface area contributed by atoms with Gasteiger partial charge in [0.2, 0.25) is 0 Å². The molecule has 2 N–H and O–H groups in total. The van der Waals surface area contributed by atoms with Gasteiger partial charge in [-0.2, -0.15) is 0 Å². The van der Waals surface area contributed by atoms with E-state index in [4.69, 9.17) is 17.3 Å². The molecule has 1 aromatic rings. The summed E-state index contributed by atoms with van der Waals surface area (Å²) in [6.07, 6.45) is 1.72. The van der Waals surface area contributed by atoms with Crippen LogP contribution in [0.5, 0.6) is 0 Å². The zero-order valence-corrected chi connectivity index (χ0v) is 8.03. The second-order valence-corrected chi connectivity index (χ2v) is 3.81. The van der Waals surface area contributed by atoms with Gasteiger partial charge in [0.1, 0.15) is 5.82 Å². The third kappa shape index (κ3) is 3.15. The van der Waals surface area contributed by atoms with Crippen LogP contribution in [0.4, 0.5) is 5.82 Å². The zero-order valence-electron chi connectivity index (χ0n) is 6.46. The van der Waals surface area contributed by atoms with Crippen molar-refractivity contribution in [2.24, 2.45) is 0 Å². The first-order valence-corrected chi connectivity index (χ1v) is 4.72. The van der Waals surface area contributed by atoms with Crippen LogP contribution < -0.4 is 5.73 Å². The molecule has 4 heteroatoms. The lowest BCUT2D eigenvalue weighted by molar-refractivity contribution is 1.25. The van der Waals surface area contributed by atoms with Gasteiger partial charge in [-0.1, -0.05) is 18.2 Å². The van der Waals surface area contributed by atoms with Crippen LogP contribution in [0.3, 0.4) is 0 Å². The number of hydrogen-bond acceptors (Lipinski definition) is 3. The van der Waals surface area contributed by atoms with Gasteiger partial charge in [0.05, 0.1) is 0 Å². The molecule has 1 aromatic heterocycles. The van der Waals surface area contributed by atoms with Gasteiger partial charge < -0.3 is 5.73 Å². The van der Waals surface area contributed by atoms with Crippen molar-refractivity contribution < 1.29 is 0 Å². The Bertz CT molecular complexity index is 271. The molecule has 1 heterocycles. The van der Waals surface area contributed by atoms with Crippen molar-refractivity contribution in [3.05, 3.63) is 29.9 Å². The van der Waals surface area contributed by atoms with Crippen molar-refractivity contribution in [1.82, 2.24) is 4.98 Å². The largest absolute Gasteiger partial charge is 0.384 e. The summed E-state index contributed by atoms with van der Waals surface area (Å²) in [5, 5.41) is 0.636. The van der Waals surface area contributed by atoms with Crippen LogP contribution in [0.2, 0.25) is 0 Å². The number of halogens is 1. The van der Waals surface area contributed by atoms with E-state index < -0.39 is 0 Å². The van der Waals surface area contributed by atoms with E-state index in [0.717, 1.165) is 4.90 Å². The molecule has 0 amide bonds. The van der Waals surface area contributed by atoms with Crippen molar-refractivity contribution in [2.75, 3.05) is 11.5 Å². The van der Waals surface area contributed by atoms with Gasteiger partial charge in [0, 0.05) is 21.9 Å². The predicted octanol–water partition coefficient (Wildman–Crippen LogP) is 2.51. The molecule has 0 unspecified atom stereocenters. The second kappa shape index (κ2) is 4.38. The third-order valence-corrected chi connectivity index (χ3v) is 2.51. The number of aromatic nitrogens is 1. The molecular weight excluding hydrogens is 192 g/mol. The number of thioether (sulfide) groups is 1. The number of pyridine rings is 1. The summed E-state index contributed by atoms with van der Waals surface area (Å²) in [4.78, 5) is 4.99. The Balaban J connectivity index is 2.53. The van der Waals surface area contributed by atoms with Gasteiger partial charge in [0.15, 0.2) is 0 Å². The normalized spacial score (nSPS) is 9.75. The van der Waals surface area contributed by atoms with E-state index in [0.29, 0.717) is 16.6 Å². The van der Waals surface area contributed by atoms with Gasteiger partial charge in [-0.05, 0) is 12.1 Å². The summed E-state index contributed by atoms with van der Waals surface area (Å²) in [5.41, 5.74) is 5.42. The maximum atomic E-state index is 5.60. The highest BCUT2D eigenvalue weighted by atomic mass is 35.5. The molecule has 0 bridgehead atoms. The minimum atomic E-state index is 0.532. The molecule has 1 rings (SSSR count). The number of hydrogen-bond donors (Lipinski definition) is 1. The fraction of sp³-hybridized carbons (Fsp3) is 0.125. The van der Waals surface area contributed by atoms with E-state index in [1.807, 2.05) is 6.07 Å². The minimum absolute atomic E-state index is 0.532. The number of nitrogen functional groups attached to an aromatic ring is 1. The second-order valence-electron chi connectivity index (χ2n) is 2.22. The molecule has 0 aliphatic heterocycles. The lowest BCUT2D eigenvalue weighted by atomic mass is 10.5. The van der Waals surface area contributed by atoms with Crippen LogP contribution in [0, 0.1) is 0 Å². The summed E-state index contributed by atoms with van der Waals surface area (Å²) in [6.45, 7) is 3.59. The first kappa shape index (κ1) is 9.42. The Kier molecular flexibility index (Phi) is 3.44. The molecule has 2 nitrogen and oxygen atoms in total. The lowest BCUT2D eigenvalue weighted by Crippen LogP contribution is -1.88.